The second-order valence-corrected chi connectivity index (χ2v) is 8.75. The molecule has 27 heavy (non-hydrogen) atoms. The molecule has 0 bridgehead atoms. The van der Waals surface area contributed by atoms with E-state index in [1.807, 2.05) is 0 Å². The molecule has 3 aromatic rings. The molecule has 138 valence electrons. The molecule has 1 aliphatic heterocycles. The van der Waals surface area contributed by atoms with E-state index in [4.69, 9.17) is 11.6 Å². The molecule has 4 rings (SSSR count). The Morgan fingerprint density at radius 1 is 1.22 bits per heavy atom. The number of anilines is 1. The number of rotatable bonds is 3. The molecule has 5 nitrogen and oxygen atoms in total. The van der Waals surface area contributed by atoms with Crippen LogP contribution >= 0.6 is 27.5 Å². The van der Waals surface area contributed by atoms with Gasteiger partial charge in [-0.15, -0.1) is 0 Å². The number of amides is 1. The van der Waals surface area contributed by atoms with Crippen LogP contribution in [0.5, 0.6) is 0 Å². The Morgan fingerprint density at radius 3 is 2.70 bits per heavy atom. The standard InChI is InChI=1S/C18H12BrClFN3O2S/c19-10-1-6-15(20)13(7-10)18(25)22-17-14-8-27(26)9-16(14)23-24(17)12-4-2-11(21)3-5-12/h1-7H,8-9H2,(H,22,25). The van der Waals surface area contributed by atoms with E-state index in [2.05, 4.69) is 26.3 Å². The Bertz CT molecular complexity index is 1080. The Hall–Kier alpha value is -2.03. The Balaban J connectivity index is 1.77. The highest BCUT2D eigenvalue weighted by Gasteiger charge is 2.28. The van der Waals surface area contributed by atoms with Crippen molar-refractivity contribution in [3.8, 4) is 5.69 Å². The Kier molecular flexibility index (Phi) is 4.88. The van der Waals surface area contributed by atoms with Crippen molar-refractivity contribution in [3.63, 3.8) is 0 Å². The van der Waals surface area contributed by atoms with Gasteiger partial charge in [-0.1, -0.05) is 27.5 Å². The number of nitrogens with zero attached hydrogens (tertiary/aromatic N) is 2. The maximum absolute atomic E-state index is 13.3. The molecule has 0 aliphatic carbocycles. The van der Waals surface area contributed by atoms with Crippen molar-refractivity contribution < 1.29 is 13.4 Å². The lowest BCUT2D eigenvalue weighted by Gasteiger charge is -2.12. The van der Waals surface area contributed by atoms with Gasteiger partial charge in [0.25, 0.3) is 5.91 Å². The zero-order valence-electron chi connectivity index (χ0n) is 13.7. The van der Waals surface area contributed by atoms with Crippen molar-refractivity contribution in [1.29, 1.82) is 0 Å². The summed E-state index contributed by atoms with van der Waals surface area (Å²) in [6.45, 7) is 0. The minimum Gasteiger partial charge on any atom is -0.306 e. The maximum atomic E-state index is 13.3. The molecule has 0 spiro atoms. The van der Waals surface area contributed by atoms with Crippen molar-refractivity contribution in [1.82, 2.24) is 9.78 Å². The van der Waals surface area contributed by atoms with Crippen molar-refractivity contribution in [3.05, 3.63) is 74.6 Å². The van der Waals surface area contributed by atoms with E-state index < -0.39 is 16.7 Å². The summed E-state index contributed by atoms with van der Waals surface area (Å²) < 4.78 is 27.5. The zero-order valence-corrected chi connectivity index (χ0v) is 16.9. The summed E-state index contributed by atoms with van der Waals surface area (Å²) in [5.74, 6) is 0.266. The summed E-state index contributed by atoms with van der Waals surface area (Å²) in [6.07, 6.45) is 0. The lowest BCUT2D eigenvalue weighted by Crippen LogP contribution is -2.17. The van der Waals surface area contributed by atoms with Gasteiger partial charge in [0.1, 0.15) is 11.6 Å². The number of carbonyl (C=O) groups is 1. The topological polar surface area (TPSA) is 64.0 Å². The third-order valence-corrected chi connectivity index (χ3v) is 6.17. The van der Waals surface area contributed by atoms with Crippen LogP contribution < -0.4 is 5.32 Å². The second kappa shape index (κ2) is 7.18. The summed E-state index contributed by atoms with van der Waals surface area (Å²) in [5.41, 5.74) is 2.27. The van der Waals surface area contributed by atoms with Gasteiger partial charge in [-0.3, -0.25) is 9.00 Å². The van der Waals surface area contributed by atoms with Gasteiger partial charge in [0.15, 0.2) is 0 Å². The maximum Gasteiger partial charge on any atom is 0.258 e. The molecule has 1 aliphatic rings. The number of hydrogen-bond acceptors (Lipinski definition) is 3. The fourth-order valence-electron chi connectivity index (χ4n) is 2.87. The third kappa shape index (κ3) is 3.56. The van der Waals surface area contributed by atoms with Gasteiger partial charge in [-0.25, -0.2) is 9.07 Å². The number of benzene rings is 2. The predicted molar refractivity (Wildman–Crippen MR) is 106 cm³/mol. The van der Waals surface area contributed by atoms with Crippen LogP contribution in [0.4, 0.5) is 10.2 Å². The number of aromatic nitrogens is 2. The first-order valence-corrected chi connectivity index (χ1v) is 10.6. The van der Waals surface area contributed by atoms with Crippen molar-refractivity contribution in [2.75, 3.05) is 5.32 Å². The van der Waals surface area contributed by atoms with Crippen molar-refractivity contribution in [2.24, 2.45) is 0 Å². The number of halogens is 3. The molecule has 0 fully saturated rings. The van der Waals surface area contributed by atoms with Gasteiger partial charge >= 0.3 is 0 Å². The first-order valence-electron chi connectivity index (χ1n) is 7.90. The zero-order chi connectivity index (χ0) is 19.1. The SMILES string of the molecule is O=C(Nc1c2c(nn1-c1ccc(F)cc1)CS(=O)C2)c1cc(Br)ccc1Cl. The van der Waals surface area contributed by atoms with Gasteiger partial charge in [0.2, 0.25) is 0 Å². The second-order valence-electron chi connectivity index (χ2n) is 5.97. The molecule has 1 aromatic heterocycles. The highest BCUT2D eigenvalue weighted by molar-refractivity contribution is 9.10. The highest BCUT2D eigenvalue weighted by atomic mass is 79.9. The summed E-state index contributed by atoms with van der Waals surface area (Å²) in [6, 6.07) is 10.7. The summed E-state index contributed by atoms with van der Waals surface area (Å²) in [7, 11) is -1.05. The van der Waals surface area contributed by atoms with E-state index in [0.29, 0.717) is 39.3 Å². The largest absolute Gasteiger partial charge is 0.306 e. The number of hydrogen-bond donors (Lipinski definition) is 1. The van der Waals surface area contributed by atoms with E-state index in [-0.39, 0.29) is 5.82 Å². The van der Waals surface area contributed by atoms with Crippen LogP contribution in [0.25, 0.3) is 5.69 Å². The molecule has 0 saturated heterocycles. The molecule has 1 amide bonds. The van der Waals surface area contributed by atoms with Crippen molar-refractivity contribution >= 4 is 50.1 Å². The average Bonchev–Trinajstić information content (AvgIpc) is 3.15. The fraction of sp³-hybridized carbons (Fsp3) is 0.111. The quantitative estimate of drug-likeness (QED) is 0.618. The number of nitrogens with one attached hydrogen (secondary N) is 1. The number of fused-ring (bicyclic) bond motifs is 1. The first kappa shape index (κ1) is 18.3. The van der Waals surface area contributed by atoms with E-state index in [1.54, 1.807) is 30.3 Å². The highest BCUT2D eigenvalue weighted by Crippen LogP contribution is 2.32. The molecule has 0 saturated carbocycles. The molecule has 2 aromatic carbocycles. The predicted octanol–water partition coefficient (Wildman–Crippen LogP) is 4.44. The summed E-state index contributed by atoms with van der Waals surface area (Å²) in [5, 5.41) is 7.62. The summed E-state index contributed by atoms with van der Waals surface area (Å²) in [4.78, 5) is 12.8. The van der Waals surface area contributed by atoms with Crippen LogP contribution in [0.15, 0.2) is 46.9 Å². The van der Waals surface area contributed by atoms with Crippen LogP contribution in [0, 0.1) is 5.82 Å². The minimum atomic E-state index is -1.05. The Labute approximate surface area is 170 Å². The van der Waals surface area contributed by atoms with Gasteiger partial charge in [0, 0.05) is 20.8 Å². The summed E-state index contributed by atoms with van der Waals surface area (Å²) >= 11 is 9.48. The molecular weight excluding hydrogens is 457 g/mol. The van der Waals surface area contributed by atoms with Crippen LogP contribution in [-0.4, -0.2) is 19.9 Å². The van der Waals surface area contributed by atoms with E-state index in [1.165, 1.54) is 16.8 Å². The lowest BCUT2D eigenvalue weighted by atomic mass is 10.2. The van der Waals surface area contributed by atoms with Crippen LogP contribution in [0.2, 0.25) is 5.02 Å². The molecule has 9 heteroatoms. The van der Waals surface area contributed by atoms with Crippen LogP contribution in [0.1, 0.15) is 21.6 Å². The van der Waals surface area contributed by atoms with Gasteiger partial charge < -0.3 is 5.32 Å². The van der Waals surface area contributed by atoms with E-state index >= 15 is 0 Å². The first-order chi connectivity index (χ1) is 12.9. The monoisotopic (exact) mass is 467 g/mol. The Morgan fingerprint density at radius 2 is 1.96 bits per heavy atom. The molecular formula is C18H12BrClFN3O2S. The van der Waals surface area contributed by atoms with Crippen molar-refractivity contribution in [2.45, 2.75) is 11.5 Å². The smallest absolute Gasteiger partial charge is 0.258 e. The van der Waals surface area contributed by atoms with Gasteiger partial charge in [-0.2, -0.15) is 5.10 Å². The molecule has 1 N–H and O–H groups in total. The van der Waals surface area contributed by atoms with E-state index in [0.717, 1.165) is 10.0 Å². The third-order valence-electron chi connectivity index (χ3n) is 4.15. The molecule has 1 atom stereocenters. The van der Waals surface area contributed by atoms with Crippen LogP contribution in [0.3, 0.4) is 0 Å². The van der Waals surface area contributed by atoms with Gasteiger partial charge in [0.05, 0.1) is 33.5 Å². The average molecular weight is 469 g/mol. The molecule has 2 heterocycles. The molecule has 0 radical (unpaired) electrons. The molecule has 1 unspecified atom stereocenters. The van der Waals surface area contributed by atoms with Gasteiger partial charge in [-0.05, 0) is 42.5 Å². The van der Waals surface area contributed by atoms with E-state index in [9.17, 15) is 13.4 Å². The fourth-order valence-corrected chi connectivity index (χ4v) is 4.70. The number of carbonyl (C=O) groups excluding carboxylic acids is 1. The van der Waals surface area contributed by atoms with Crippen LogP contribution in [-0.2, 0) is 22.3 Å². The minimum absolute atomic E-state index is 0.297. The normalized spacial score (nSPS) is 15.6. The lowest BCUT2D eigenvalue weighted by molar-refractivity contribution is 0.102.